The van der Waals surface area contributed by atoms with Crippen LogP contribution in [0.4, 0.5) is 5.69 Å². The predicted octanol–water partition coefficient (Wildman–Crippen LogP) is 3.68. The van der Waals surface area contributed by atoms with E-state index in [1.807, 2.05) is 22.9 Å². The third kappa shape index (κ3) is 6.78. The molecule has 2 N–H and O–H groups in total. The van der Waals surface area contributed by atoms with Gasteiger partial charge in [-0.25, -0.2) is 4.98 Å². The SMILES string of the molecule is CCN(CC)Cc1ccccc1CNC(=O)c1cccc(NC(=O)CCn2ccnc2)c1. The molecule has 2 amide bonds. The summed E-state index contributed by atoms with van der Waals surface area (Å²) in [6.45, 7) is 8.14. The number of imidazole rings is 1. The summed E-state index contributed by atoms with van der Waals surface area (Å²) in [5, 5.41) is 5.87. The second kappa shape index (κ2) is 11.8. The number of carbonyl (C=O) groups is 2. The third-order valence-electron chi connectivity index (χ3n) is 5.41. The Morgan fingerprint density at radius 1 is 1.03 bits per heavy atom. The van der Waals surface area contributed by atoms with Gasteiger partial charge in [-0.05, 0) is 42.4 Å². The average molecular weight is 434 g/mol. The van der Waals surface area contributed by atoms with Gasteiger partial charge in [0.2, 0.25) is 5.91 Å². The summed E-state index contributed by atoms with van der Waals surface area (Å²) in [4.78, 5) is 31.3. The molecule has 7 heteroatoms. The van der Waals surface area contributed by atoms with Crippen LogP contribution in [0.5, 0.6) is 0 Å². The number of aryl methyl sites for hydroxylation is 1. The van der Waals surface area contributed by atoms with E-state index in [0.717, 1.165) is 25.2 Å². The Balaban J connectivity index is 1.56. The first kappa shape index (κ1) is 23.2. The maximum atomic E-state index is 12.7. The zero-order chi connectivity index (χ0) is 22.8. The first-order chi connectivity index (χ1) is 15.6. The molecule has 7 nitrogen and oxygen atoms in total. The largest absolute Gasteiger partial charge is 0.348 e. The molecule has 1 heterocycles. The van der Waals surface area contributed by atoms with Crippen LogP contribution in [0.25, 0.3) is 0 Å². The summed E-state index contributed by atoms with van der Waals surface area (Å²) in [6, 6.07) is 15.2. The van der Waals surface area contributed by atoms with E-state index in [9.17, 15) is 9.59 Å². The van der Waals surface area contributed by atoms with Crippen LogP contribution in [0.15, 0.2) is 67.3 Å². The Morgan fingerprint density at radius 3 is 2.53 bits per heavy atom. The number of carbonyl (C=O) groups excluding carboxylic acids is 2. The Kier molecular flexibility index (Phi) is 8.57. The van der Waals surface area contributed by atoms with Crippen molar-refractivity contribution in [2.45, 2.75) is 39.9 Å². The fourth-order valence-electron chi connectivity index (χ4n) is 3.46. The third-order valence-corrected chi connectivity index (χ3v) is 5.41. The summed E-state index contributed by atoms with van der Waals surface area (Å²) in [5.74, 6) is -0.279. The second-order valence-electron chi connectivity index (χ2n) is 7.59. The summed E-state index contributed by atoms with van der Waals surface area (Å²) in [5.41, 5.74) is 3.45. The lowest BCUT2D eigenvalue weighted by Gasteiger charge is -2.20. The molecule has 0 aliphatic heterocycles. The van der Waals surface area contributed by atoms with Crippen LogP contribution in [0.3, 0.4) is 0 Å². The van der Waals surface area contributed by atoms with Gasteiger partial charge in [0.05, 0.1) is 6.33 Å². The van der Waals surface area contributed by atoms with Crippen molar-refractivity contribution in [1.82, 2.24) is 19.8 Å². The first-order valence-electron chi connectivity index (χ1n) is 11.0. The minimum absolute atomic E-state index is 0.110. The molecule has 3 rings (SSSR count). The van der Waals surface area contributed by atoms with Crippen molar-refractivity contribution in [3.8, 4) is 0 Å². The van der Waals surface area contributed by atoms with Gasteiger partial charge < -0.3 is 15.2 Å². The van der Waals surface area contributed by atoms with E-state index in [-0.39, 0.29) is 11.8 Å². The smallest absolute Gasteiger partial charge is 0.251 e. The molecule has 0 radical (unpaired) electrons. The standard InChI is InChI=1S/C25H31N5O2/c1-3-29(4-2)18-22-9-6-5-8-21(22)17-27-25(32)20-10-7-11-23(16-20)28-24(31)12-14-30-15-13-26-19-30/h5-11,13,15-16,19H,3-4,12,14,17-18H2,1-2H3,(H,27,32)(H,28,31). The number of rotatable bonds is 11. The van der Waals surface area contributed by atoms with Gasteiger partial charge in [-0.15, -0.1) is 0 Å². The average Bonchev–Trinajstić information content (AvgIpc) is 3.34. The Labute approximate surface area is 189 Å². The van der Waals surface area contributed by atoms with Gasteiger partial charge in [0, 0.05) is 49.7 Å². The highest BCUT2D eigenvalue weighted by Gasteiger charge is 2.11. The minimum atomic E-state index is -0.169. The van der Waals surface area contributed by atoms with Crippen LogP contribution in [0.2, 0.25) is 0 Å². The van der Waals surface area contributed by atoms with Crippen molar-refractivity contribution in [3.05, 3.63) is 83.9 Å². The number of aromatic nitrogens is 2. The fraction of sp³-hybridized carbons (Fsp3) is 0.320. The molecule has 0 unspecified atom stereocenters. The second-order valence-corrected chi connectivity index (χ2v) is 7.59. The molecule has 168 valence electrons. The minimum Gasteiger partial charge on any atom is -0.348 e. The molecule has 0 saturated carbocycles. The van der Waals surface area contributed by atoms with Crippen molar-refractivity contribution < 1.29 is 9.59 Å². The maximum Gasteiger partial charge on any atom is 0.251 e. The Morgan fingerprint density at radius 2 is 1.81 bits per heavy atom. The molecule has 0 aliphatic rings. The summed E-state index contributed by atoms with van der Waals surface area (Å²) in [6.07, 6.45) is 5.51. The molecule has 1 aromatic heterocycles. The van der Waals surface area contributed by atoms with Crippen molar-refractivity contribution in [2.24, 2.45) is 0 Å². The van der Waals surface area contributed by atoms with Crippen LogP contribution >= 0.6 is 0 Å². The van der Waals surface area contributed by atoms with Crippen LogP contribution in [0, 0.1) is 0 Å². The molecule has 0 saturated heterocycles. The van der Waals surface area contributed by atoms with Crippen molar-refractivity contribution in [1.29, 1.82) is 0 Å². The first-order valence-corrected chi connectivity index (χ1v) is 11.0. The highest BCUT2D eigenvalue weighted by Crippen LogP contribution is 2.14. The zero-order valence-corrected chi connectivity index (χ0v) is 18.8. The highest BCUT2D eigenvalue weighted by molar-refractivity contribution is 5.97. The monoisotopic (exact) mass is 433 g/mol. The van der Waals surface area contributed by atoms with E-state index in [0.29, 0.717) is 30.8 Å². The van der Waals surface area contributed by atoms with Crippen molar-refractivity contribution >= 4 is 17.5 Å². The van der Waals surface area contributed by atoms with E-state index in [4.69, 9.17) is 0 Å². The van der Waals surface area contributed by atoms with E-state index in [2.05, 4.69) is 46.5 Å². The van der Waals surface area contributed by atoms with Gasteiger partial charge in [-0.3, -0.25) is 14.5 Å². The number of hydrogen-bond donors (Lipinski definition) is 2. The molecule has 0 fully saturated rings. The van der Waals surface area contributed by atoms with E-state index >= 15 is 0 Å². The summed E-state index contributed by atoms with van der Waals surface area (Å²) < 4.78 is 1.85. The van der Waals surface area contributed by atoms with Gasteiger partial charge in [0.25, 0.3) is 5.91 Å². The number of nitrogens with one attached hydrogen (secondary N) is 2. The van der Waals surface area contributed by atoms with Crippen LogP contribution in [-0.2, 0) is 24.4 Å². The number of anilines is 1. The normalized spacial score (nSPS) is 10.8. The molecule has 3 aromatic rings. The number of hydrogen-bond acceptors (Lipinski definition) is 4. The highest BCUT2D eigenvalue weighted by atomic mass is 16.2. The molecular formula is C25H31N5O2. The maximum absolute atomic E-state index is 12.7. The lowest BCUT2D eigenvalue weighted by molar-refractivity contribution is -0.116. The summed E-state index contributed by atoms with van der Waals surface area (Å²) in [7, 11) is 0. The Bertz CT molecular complexity index is 1010. The van der Waals surface area contributed by atoms with E-state index in [1.54, 1.807) is 36.8 Å². The fourth-order valence-corrected chi connectivity index (χ4v) is 3.46. The van der Waals surface area contributed by atoms with Crippen molar-refractivity contribution in [2.75, 3.05) is 18.4 Å². The molecule has 0 aliphatic carbocycles. The van der Waals surface area contributed by atoms with Gasteiger partial charge in [-0.2, -0.15) is 0 Å². The zero-order valence-electron chi connectivity index (χ0n) is 18.8. The lowest BCUT2D eigenvalue weighted by atomic mass is 10.1. The van der Waals surface area contributed by atoms with Gasteiger partial charge >= 0.3 is 0 Å². The van der Waals surface area contributed by atoms with Crippen LogP contribution in [-0.4, -0.2) is 39.4 Å². The van der Waals surface area contributed by atoms with Gasteiger partial charge in [0.15, 0.2) is 0 Å². The van der Waals surface area contributed by atoms with Crippen LogP contribution < -0.4 is 10.6 Å². The Hall–Kier alpha value is -3.45. The molecular weight excluding hydrogens is 402 g/mol. The molecule has 0 atom stereocenters. The quantitative estimate of drug-likeness (QED) is 0.483. The molecule has 2 aromatic carbocycles. The lowest BCUT2D eigenvalue weighted by Crippen LogP contribution is -2.26. The molecule has 0 bridgehead atoms. The van der Waals surface area contributed by atoms with E-state index < -0.39 is 0 Å². The number of benzene rings is 2. The number of amides is 2. The molecule has 0 spiro atoms. The van der Waals surface area contributed by atoms with Crippen LogP contribution in [0.1, 0.15) is 41.8 Å². The topological polar surface area (TPSA) is 79.3 Å². The van der Waals surface area contributed by atoms with Gasteiger partial charge in [-0.1, -0.05) is 44.2 Å². The number of nitrogens with zero attached hydrogens (tertiary/aromatic N) is 3. The predicted molar refractivity (Wildman–Crippen MR) is 126 cm³/mol. The molecule has 32 heavy (non-hydrogen) atoms. The summed E-state index contributed by atoms with van der Waals surface area (Å²) >= 11 is 0. The van der Waals surface area contributed by atoms with Gasteiger partial charge in [0.1, 0.15) is 0 Å². The van der Waals surface area contributed by atoms with Crippen molar-refractivity contribution in [3.63, 3.8) is 0 Å². The van der Waals surface area contributed by atoms with E-state index in [1.165, 1.54) is 5.56 Å².